The molecule has 0 saturated heterocycles. The zero-order valence-electron chi connectivity index (χ0n) is 11.0. The Bertz CT molecular complexity index is 415. The third-order valence-electron chi connectivity index (χ3n) is 2.18. The van der Waals surface area contributed by atoms with Crippen molar-refractivity contribution in [2.24, 2.45) is 0 Å². The molecule has 0 aliphatic rings. The number of rotatable bonds is 6. The fraction of sp³-hybridized carbons (Fsp3) is 0.467. The highest BCUT2D eigenvalue weighted by Gasteiger charge is 2.05. The summed E-state index contributed by atoms with van der Waals surface area (Å²) >= 11 is 0. The average molecular weight is 248 g/mol. The predicted octanol–water partition coefficient (Wildman–Crippen LogP) is 2.61. The minimum atomic E-state index is -0.140. The fourth-order valence-electron chi connectivity index (χ4n) is 1.38. The highest BCUT2D eigenvalue weighted by Crippen LogP contribution is 2.28. The van der Waals surface area contributed by atoms with Gasteiger partial charge in [-0.1, -0.05) is 25.7 Å². The zero-order chi connectivity index (χ0) is 13.2. The molecule has 0 heterocycles. The minimum Gasteiger partial charge on any atom is -0.490 e. The summed E-state index contributed by atoms with van der Waals surface area (Å²) < 4.78 is 11.3. The van der Waals surface area contributed by atoms with Crippen molar-refractivity contribution in [2.45, 2.75) is 26.7 Å². The molecule has 1 aromatic rings. The summed E-state index contributed by atoms with van der Waals surface area (Å²) in [5.41, 5.74) is 0.819. The van der Waals surface area contributed by atoms with E-state index in [1.807, 2.05) is 18.2 Å². The number of aliphatic hydroxyl groups is 1. The largest absolute Gasteiger partial charge is 0.490 e. The van der Waals surface area contributed by atoms with Crippen molar-refractivity contribution in [3.63, 3.8) is 0 Å². The first-order chi connectivity index (χ1) is 8.81. The van der Waals surface area contributed by atoms with E-state index in [9.17, 15) is 0 Å². The zero-order valence-corrected chi connectivity index (χ0v) is 11.0. The van der Waals surface area contributed by atoms with Gasteiger partial charge in [-0.25, -0.2) is 0 Å². The van der Waals surface area contributed by atoms with E-state index < -0.39 is 0 Å². The summed E-state index contributed by atoms with van der Waals surface area (Å²) in [5, 5.41) is 8.68. The van der Waals surface area contributed by atoms with Gasteiger partial charge in [-0.05, 0) is 31.0 Å². The summed E-state index contributed by atoms with van der Waals surface area (Å²) in [6.07, 6.45) is 1.90. The van der Waals surface area contributed by atoms with Gasteiger partial charge in [0.15, 0.2) is 11.5 Å². The maximum Gasteiger partial charge on any atom is 0.162 e. The van der Waals surface area contributed by atoms with Gasteiger partial charge in [0.25, 0.3) is 0 Å². The van der Waals surface area contributed by atoms with E-state index in [0.717, 1.165) is 29.9 Å². The van der Waals surface area contributed by atoms with Gasteiger partial charge in [-0.15, -0.1) is 0 Å². The Kier molecular flexibility index (Phi) is 6.75. The topological polar surface area (TPSA) is 38.7 Å². The Balaban J connectivity index is 2.88. The lowest BCUT2D eigenvalue weighted by Gasteiger charge is -2.12. The normalized spacial score (nSPS) is 9.50. The number of ether oxygens (including phenoxy) is 2. The van der Waals surface area contributed by atoms with E-state index in [2.05, 4.69) is 25.7 Å². The standard InChI is InChI=1S/C15H20O3/c1-3-10-17-14-8-7-13(6-5-9-16)12-15(14)18-11-4-2/h7-8,12,16H,3-4,9-11H2,1-2H3. The third kappa shape index (κ3) is 4.68. The van der Waals surface area contributed by atoms with Crippen molar-refractivity contribution in [1.29, 1.82) is 0 Å². The molecule has 0 fully saturated rings. The summed E-state index contributed by atoms with van der Waals surface area (Å²) in [4.78, 5) is 0. The lowest BCUT2D eigenvalue weighted by Crippen LogP contribution is -2.01. The van der Waals surface area contributed by atoms with Crippen molar-refractivity contribution >= 4 is 0 Å². The second-order valence-corrected chi connectivity index (χ2v) is 3.82. The highest BCUT2D eigenvalue weighted by molar-refractivity contribution is 5.48. The van der Waals surface area contributed by atoms with Crippen LogP contribution in [0.25, 0.3) is 0 Å². The molecule has 0 radical (unpaired) electrons. The quantitative estimate of drug-likeness (QED) is 0.786. The first-order valence-electron chi connectivity index (χ1n) is 6.31. The van der Waals surface area contributed by atoms with E-state index in [0.29, 0.717) is 13.2 Å². The molecule has 0 aromatic heterocycles. The number of hydrogen-bond donors (Lipinski definition) is 1. The molecule has 0 atom stereocenters. The molecule has 1 rings (SSSR count). The van der Waals surface area contributed by atoms with Gasteiger partial charge >= 0.3 is 0 Å². The second-order valence-electron chi connectivity index (χ2n) is 3.82. The molecule has 0 aliphatic heterocycles. The molecule has 0 aliphatic carbocycles. The molecule has 1 aromatic carbocycles. The Morgan fingerprint density at radius 2 is 1.72 bits per heavy atom. The molecule has 0 bridgehead atoms. The summed E-state index contributed by atoms with van der Waals surface area (Å²) in [7, 11) is 0. The lowest BCUT2D eigenvalue weighted by molar-refractivity contribution is 0.268. The van der Waals surface area contributed by atoms with E-state index in [4.69, 9.17) is 14.6 Å². The van der Waals surface area contributed by atoms with Gasteiger partial charge in [0.1, 0.15) is 6.61 Å². The highest BCUT2D eigenvalue weighted by atomic mass is 16.5. The van der Waals surface area contributed by atoms with Gasteiger partial charge in [0, 0.05) is 5.56 Å². The van der Waals surface area contributed by atoms with Crippen molar-refractivity contribution in [1.82, 2.24) is 0 Å². The van der Waals surface area contributed by atoms with Gasteiger partial charge in [0.05, 0.1) is 13.2 Å². The van der Waals surface area contributed by atoms with Gasteiger partial charge in [-0.3, -0.25) is 0 Å². The van der Waals surface area contributed by atoms with Gasteiger partial charge in [-0.2, -0.15) is 0 Å². The SMILES string of the molecule is CCCOc1ccc(C#CCO)cc1OCCC. The summed E-state index contributed by atoms with van der Waals surface area (Å²) in [5.74, 6) is 6.95. The second kappa shape index (κ2) is 8.43. The van der Waals surface area contributed by atoms with Crippen LogP contribution in [0.1, 0.15) is 32.3 Å². The maximum absolute atomic E-state index is 8.68. The van der Waals surface area contributed by atoms with E-state index in [-0.39, 0.29) is 6.61 Å². The first kappa shape index (κ1) is 14.4. The molecule has 0 spiro atoms. The molecule has 0 saturated carbocycles. The van der Waals surface area contributed by atoms with Crippen LogP contribution in [-0.4, -0.2) is 24.9 Å². The maximum atomic E-state index is 8.68. The van der Waals surface area contributed by atoms with E-state index in [1.165, 1.54) is 0 Å². The number of aliphatic hydroxyl groups excluding tert-OH is 1. The van der Waals surface area contributed by atoms with Gasteiger partial charge in [0.2, 0.25) is 0 Å². The molecular weight excluding hydrogens is 228 g/mol. The number of hydrogen-bond acceptors (Lipinski definition) is 3. The van der Waals surface area contributed by atoms with Crippen molar-refractivity contribution < 1.29 is 14.6 Å². The smallest absolute Gasteiger partial charge is 0.162 e. The van der Waals surface area contributed by atoms with Crippen LogP contribution >= 0.6 is 0 Å². The summed E-state index contributed by atoms with van der Waals surface area (Å²) in [6, 6.07) is 5.58. The van der Waals surface area contributed by atoms with Crippen LogP contribution in [0.5, 0.6) is 11.5 Å². The average Bonchev–Trinajstić information content (AvgIpc) is 2.41. The van der Waals surface area contributed by atoms with E-state index >= 15 is 0 Å². The number of benzene rings is 1. The molecule has 0 amide bonds. The lowest BCUT2D eigenvalue weighted by atomic mass is 10.2. The molecule has 1 N–H and O–H groups in total. The van der Waals surface area contributed by atoms with Crippen LogP contribution < -0.4 is 9.47 Å². The van der Waals surface area contributed by atoms with Crippen LogP contribution in [0.15, 0.2) is 18.2 Å². The van der Waals surface area contributed by atoms with Crippen molar-refractivity contribution in [3.05, 3.63) is 23.8 Å². The predicted molar refractivity (Wildman–Crippen MR) is 72.0 cm³/mol. The Labute approximate surface area is 109 Å². The van der Waals surface area contributed by atoms with Crippen LogP contribution in [0, 0.1) is 11.8 Å². The molecular formula is C15H20O3. The molecule has 3 heteroatoms. The summed E-state index contributed by atoms with van der Waals surface area (Å²) in [6.45, 7) is 5.30. The van der Waals surface area contributed by atoms with Crippen LogP contribution in [-0.2, 0) is 0 Å². The Hall–Kier alpha value is -1.66. The van der Waals surface area contributed by atoms with Crippen LogP contribution in [0.3, 0.4) is 0 Å². The first-order valence-corrected chi connectivity index (χ1v) is 6.31. The van der Waals surface area contributed by atoms with Crippen LogP contribution in [0.4, 0.5) is 0 Å². The molecule has 0 unspecified atom stereocenters. The molecule has 3 nitrogen and oxygen atoms in total. The Morgan fingerprint density at radius 1 is 1.06 bits per heavy atom. The molecule has 98 valence electrons. The fourth-order valence-corrected chi connectivity index (χ4v) is 1.38. The minimum absolute atomic E-state index is 0.140. The van der Waals surface area contributed by atoms with Gasteiger partial charge < -0.3 is 14.6 Å². The third-order valence-corrected chi connectivity index (χ3v) is 2.18. The van der Waals surface area contributed by atoms with E-state index in [1.54, 1.807) is 0 Å². The molecule has 18 heavy (non-hydrogen) atoms. The van der Waals surface area contributed by atoms with Crippen molar-refractivity contribution in [3.8, 4) is 23.3 Å². The van der Waals surface area contributed by atoms with Crippen LogP contribution in [0.2, 0.25) is 0 Å². The monoisotopic (exact) mass is 248 g/mol. The van der Waals surface area contributed by atoms with Crippen molar-refractivity contribution in [2.75, 3.05) is 19.8 Å². The Morgan fingerprint density at radius 3 is 2.33 bits per heavy atom.